The number of unbranched alkanes of at least 4 members (excludes halogenated alkanes) is 3. The summed E-state index contributed by atoms with van der Waals surface area (Å²) in [6.45, 7) is -0.190. The van der Waals surface area contributed by atoms with E-state index in [0.717, 1.165) is 25.0 Å². The summed E-state index contributed by atoms with van der Waals surface area (Å²) < 4.78 is 49.8. The fourth-order valence-corrected chi connectivity index (χ4v) is 1.89. The molecule has 134 valence electrons. The first-order valence-corrected chi connectivity index (χ1v) is 7.50. The zero-order chi connectivity index (χ0) is 18.0. The van der Waals surface area contributed by atoms with Crippen molar-refractivity contribution in [2.24, 2.45) is 0 Å². The molecule has 1 aromatic carbocycles. The molecular formula is C16H20F4N2O2. The third-order valence-electron chi connectivity index (χ3n) is 3.15. The smallest absolute Gasteiger partial charge is 0.389 e. The number of allylic oxidation sites excluding steroid dienone is 1. The number of aliphatic hydroxyl groups excluding tert-OH is 1. The number of carbonyl (C=O) groups is 1. The Bertz CT molecular complexity index is 542. The number of hydrogen-bond acceptors (Lipinski definition) is 2. The normalized spacial score (nSPS) is 12.1. The molecule has 0 saturated carbocycles. The highest BCUT2D eigenvalue weighted by atomic mass is 19.4. The molecule has 0 atom stereocenters. The van der Waals surface area contributed by atoms with E-state index in [2.05, 4.69) is 10.6 Å². The lowest BCUT2D eigenvalue weighted by Gasteiger charge is -2.09. The van der Waals surface area contributed by atoms with Crippen LogP contribution in [0.25, 0.3) is 0 Å². The first kappa shape index (κ1) is 20.0. The molecule has 0 aromatic heterocycles. The van der Waals surface area contributed by atoms with Crippen LogP contribution in [0.5, 0.6) is 0 Å². The van der Waals surface area contributed by atoms with E-state index in [1.807, 2.05) is 0 Å². The van der Waals surface area contributed by atoms with E-state index >= 15 is 0 Å². The Kier molecular flexibility index (Phi) is 8.25. The SMILES string of the molecule is O=C(NCCCCCC=C(F)CO)Nc1ccc(C(F)(F)F)cc1. The summed E-state index contributed by atoms with van der Waals surface area (Å²) in [4.78, 5) is 11.6. The molecule has 0 aliphatic heterocycles. The number of urea groups is 1. The van der Waals surface area contributed by atoms with Gasteiger partial charge in [-0.3, -0.25) is 0 Å². The van der Waals surface area contributed by atoms with Gasteiger partial charge in [0.05, 0.1) is 12.2 Å². The third-order valence-corrected chi connectivity index (χ3v) is 3.15. The molecule has 2 amide bonds. The van der Waals surface area contributed by atoms with Gasteiger partial charge >= 0.3 is 12.2 Å². The van der Waals surface area contributed by atoms with Crippen molar-refractivity contribution in [3.63, 3.8) is 0 Å². The highest BCUT2D eigenvalue weighted by Gasteiger charge is 2.29. The van der Waals surface area contributed by atoms with Crippen LogP contribution in [0.15, 0.2) is 36.2 Å². The average Bonchev–Trinajstić information content (AvgIpc) is 2.53. The molecule has 0 spiro atoms. The zero-order valence-corrected chi connectivity index (χ0v) is 13.0. The van der Waals surface area contributed by atoms with Crippen molar-refractivity contribution >= 4 is 11.7 Å². The van der Waals surface area contributed by atoms with Crippen molar-refractivity contribution < 1.29 is 27.5 Å². The predicted octanol–water partition coefficient (Wildman–Crippen LogP) is 4.23. The van der Waals surface area contributed by atoms with Crippen molar-refractivity contribution in [1.82, 2.24) is 5.32 Å². The number of benzene rings is 1. The lowest BCUT2D eigenvalue weighted by molar-refractivity contribution is -0.137. The summed E-state index contributed by atoms with van der Waals surface area (Å²) in [7, 11) is 0. The summed E-state index contributed by atoms with van der Waals surface area (Å²) >= 11 is 0. The highest BCUT2D eigenvalue weighted by molar-refractivity contribution is 5.89. The summed E-state index contributed by atoms with van der Waals surface area (Å²) in [5, 5.41) is 13.5. The first-order chi connectivity index (χ1) is 11.3. The van der Waals surface area contributed by atoms with E-state index in [0.29, 0.717) is 19.4 Å². The second kappa shape index (κ2) is 9.92. The Morgan fingerprint density at radius 1 is 1.12 bits per heavy atom. The maximum absolute atomic E-state index is 12.6. The maximum atomic E-state index is 12.6. The molecule has 0 bridgehead atoms. The number of hydrogen-bond donors (Lipinski definition) is 3. The molecule has 0 radical (unpaired) electrons. The molecule has 1 rings (SSSR count). The van der Waals surface area contributed by atoms with E-state index in [9.17, 15) is 22.4 Å². The standard InChI is InChI=1S/C16H20F4N2O2/c17-13(11-23)5-3-1-2-4-10-21-15(24)22-14-8-6-12(7-9-14)16(18,19)20/h5-9,23H,1-4,10-11H2,(H2,21,22,24). The van der Waals surface area contributed by atoms with Gasteiger partial charge in [-0.2, -0.15) is 13.2 Å². The van der Waals surface area contributed by atoms with E-state index in [4.69, 9.17) is 5.11 Å². The Labute approximate surface area is 137 Å². The fraction of sp³-hybridized carbons (Fsp3) is 0.438. The van der Waals surface area contributed by atoms with Crippen LogP contribution >= 0.6 is 0 Å². The average molecular weight is 348 g/mol. The van der Waals surface area contributed by atoms with Crippen molar-refractivity contribution in [1.29, 1.82) is 0 Å². The zero-order valence-electron chi connectivity index (χ0n) is 13.0. The highest BCUT2D eigenvalue weighted by Crippen LogP contribution is 2.29. The van der Waals surface area contributed by atoms with Crippen molar-refractivity contribution in [2.45, 2.75) is 31.9 Å². The Morgan fingerprint density at radius 2 is 1.79 bits per heavy atom. The van der Waals surface area contributed by atoms with Crippen molar-refractivity contribution in [2.75, 3.05) is 18.5 Å². The van der Waals surface area contributed by atoms with E-state index in [-0.39, 0.29) is 5.69 Å². The molecule has 3 N–H and O–H groups in total. The number of anilines is 1. The lowest BCUT2D eigenvalue weighted by atomic mass is 10.2. The van der Waals surface area contributed by atoms with Crippen LogP contribution in [0.1, 0.15) is 31.2 Å². The van der Waals surface area contributed by atoms with Gasteiger partial charge in [0, 0.05) is 12.2 Å². The van der Waals surface area contributed by atoms with Crippen LogP contribution in [0.3, 0.4) is 0 Å². The van der Waals surface area contributed by atoms with E-state index < -0.39 is 30.2 Å². The van der Waals surface area contributed by atoms with Gasteiger partial charge in [0.2, 0.25) is 0 Å². The fourth-order valence-electron chi connectivity index (χ4n) is 1.89. The summed E-state index contributed by atoms with van der Waals surface area (Å²) in [6, 6.07) is 3.67. The molecule has 0 fully saturated rings. The lowest BCUT2D eigenvalue weighted by Crippen LogP contribution is -2.29. The van der Waals surface area contributed by atoms with Crippen LogP contribution in [0, 0.1) is 0 Å². The summed E-state index contributed by atoms with van der Waals surface area (Å²) in [5.74, 6) is -0.552. The molecule has 4 nitrogen and oxygen atoms in total. The Hall–Kier alpha value is -2.09. The molecule has 1 aromatic rings. The number of nitrogens with one attached hydrogen (secondary N) is 2. The number of rotatable bonds is 8. The van der Waals surface area contributed by atoms with Gasteiger partial charge in [0.25, 0.3) is 0 Å². The molecule has 0 saturated heterocycles. The Morgan fingerprint density at radius 3 is 2.38 bits per heavy atom. The number of carbonyl (C=O) groups excluding carboxylic acids is 1. The van der Waals surface area contributed by atoms with Gasteiger partial charge in [-0.25, -0.2) is 9.18 Å². The minimum atomic E-state index is -4.41. The van der Waals surface area contributed by atoms with Gasteiger partial charge in [-0.05, 0) is 43.5 Å². The number of amides is 2. The molecule has 0 heterocycles. The van der Waals surface area contributed by atoms with Crippen LogP contribution in [-0.2, 0) is 6.18 Å². The monoisotopic (exact) mass is 348 g/mol. The molecule has 0 aliphatic carbocycles. The van der Waals surface area contributed by atoms with E-state index in [1.165, 1.54) is 18.2 Å². The quantitative estimate of drug-likeness (QED) is 0.486. The van der Waals surface area contributed by atoms with Crippen LogP contribution in [0.4, 0.5) is 28.0 Å². The second-order valence-electron chi connectivity index (χ2n) is 5.11. The second-order valence-corrected chi connectivity index (χ2v) is 5.11. The van der Waals surface area contributed by atoms with Gasteiger partial charge in [0.15, 0.2) is 0 Å². The Balaban J connectivity index is 2.20. The van der Waals surface area contributed by atoms with Gasteiger partial charge in [-0.1, -0.05) is 12.5 Å². The number of aliphatic hydroxyl groups is 1. The van der Waals surface area contributed by atoms with Crippen molar-refractivity contribution in [3.8, 4) is 0 Å². The molecule has 8 heteroatoms. The van der Waals surface area contributed by atoms with Crippen LogP contribution in [-0.4, -0.2) is 24.3 Å². The predicted molar refractivity (Wildman–Crippen MR) is 83.2 cm³/mol. The first-order valence-electron chi connectivity index (χ1n) is 7.50. The van der Waals surface area contributed by atoms with E-state index in [1.54, 1.807) is 0 Å². The minimum absolute atomic E-state index is 0.269. The topological polar surface area (TPSA) is 61.4 Å². The van der Waals surface area contributed by atoms with Gasteiger partial charge in [-0.15, -0.1) is 0 Å². The molecule has 0 unspecified atom stereocenters. The molecule has 24 heavy (non-hydrogen) atoms. The van der Waals surface area contributed by atoms with Gasteiger partial charge in [0.1, 0.15) is 5.83 Å². The summed E-state index contributed by atoms with van der Waals surface area (Å²) in [6.07, 6.45) is -0.370. The van der Waals surface area contributed by atoms with Crippen molar-refractivity contribution in [3.05, 3.63) is 41.7 Å². The molecular weight excluding hydrogens is 328 g/mol. The maximum Gasteiger partial charge on any atom is 0.416 e. The number of halogens is 4. The third kappa shape index (κ3) is 7.96. The van der Waals surface area contributed by atoms with Crippen LogP contribution < -0.4 is 10.6 Å². The minimum Gasteiger partial charge on any atom is -0.389 e. The largest absolute Gasteiger partial charge is 0.416 e. The van der Waals surface area contributed by atoms with Gasteiger partial charge < -0.3 is 15.7 Å². The summed E-state index contributed by atoms with van der Waals surface area (Å²) in [5.41, 5.74) is -0.509. The number of alkyl halides is 3. The molecule has 0 aliphatic rings. The van der Waals surface area contributed by atoms with Crippen LogP contribution in [0.2, 0.25) is 0 Å².